The van der Waals surface area contributed by atoms with Crippen molar-refractivity contribution in [3.05, 3.63) is 78.2 Å². The number of nitrogens with zero attached hydrogens (tertiary/aromatic N) is 3. The molecule has 0 radical (unpaired) electrons. The minimum atomic E-state index is -0.433. The summed E-state index contributed by atoms with van der Waals surface area (Å²) in [4.78, 5) is 12.3. The maximum atomic E-state index is 13.2. The van der Waals surface area contributed by atoms with E-state index in [0.717, 1.165) is 5.56 Å². The highest BCUT2D eigenvalue weighted by atomic mass is 19.1. The lowest BCUT2D eigenvalue weighted by atomic mass is 10.2. The third-order valence-corrected chi connectivity index (χ3v) is 3.63. The minimum absolute atomic E-state index is 0.120. The van der Waals surface area contributed by atoms with Gasteiger partial charge < -0.3 is 14.3 Å². The fourth-order valence-electron chi connectivity index (χ4n) is 2.45. The van der Waals surface area contributed by atoms with Gasteiger partial charge in [0, 0.05) is 12.3 Å². The average Bonchev–Trinajstić information content (AvgIpc) is 3.36. The lowest BCUT2D eigenvalue weighted by molar-refractivity contribution is 0.101. The highest BCUT2D eigenvalue weighted by Gasteiger charge is 2.16. The quantitative estimate of drug-likeness (QED) is 0.593. The highest BCUT2D eigenvalue weighted by molar-refractivity contribution is 6.03. The molecule has 4 aromatic rings. The number of furan rings is 1. The van der Waals surface area contributed by atoms with Crippen molar-refractivity contribution in [2.75, 3.05) is 5.32 Å². The van der Waals surface area contributed by atoms with Gasteiger partial charge in [0.1, 0.15) is 5.82 Å². The van der Waals surface area contributed by atoms with Crippen LogP contribution in [0.2, 0.25) is 0 Å². The van der Waals surface area contributed by atoms with Gasteiger partial charge in [-0.15, -0.1) is 0 Å². The monoisotopic (exact) mass is 352 g/mol. The van der Waals surface area contributed by atoms with Gasteiger partial charge in [-0.05, 0) is 29.8 Å². The van der Waals surface area contributed by atoms with Gasteiger partial charge in [0.25, 0.3) is 5.91 Å². The summed E-state index contributed by atoms with van der Waals surface area (Å²) in [5.41, 5.74) is 1.38. The van der Waals surface area contributed by atoms with Crippen LogP contribution in [0.15, 0.2) is 70.1 Å². The average molecular weight is 352 g/mol. The first-order valence-electron chi connectivity index (χ1n) is 7.76. The van der Waals surface area contributed by atoms with E-state index < -0.39 is 5.91 Å². The van der Waals surface area contributed by atoms with Crippen LogP contribution in [-0.4, -0.2) is 20.8 Å². The number of halogens is 1. The second kappa shape index (κ2) is 6.67. The van der Waals surface area contributed by atoms with E-state index in [0.29, 0.717) is 23.8 Å². The maximum absolute atomic E-state index is 13.2. The molecule has 3 aromatic heterocycles. The van der Waals surface area contributed by atoms with Gasteiger partial charge >= 0.3 is 0 Å². The van der Waals surface area contributed by atoms with Gasteiger partial charge in [0.15, 0.2) is 11.5 Å². The Labute approximate surface area is 147 Å². The zero-order valence-electron chi connectivity index (χ0n) is 13.4. The molecule has 4 rings (SSSR count). The van der Waals surface area contributed by atoms with Crippen LogP contribution in [0.25, 0.3) is 11.5 Å². The third kappa shape index (κ3) is 3.39. The van der Waals surface area contributed by atoms with Gasteiger partial charge in [-0.2, -0.15) is 5.10 Å². The first-order chi connectivity index (χ1) is 12.7. The van der Waals surface area contributed by atoms with Crippen molar-refractivity contribution in [1.82, 2.24) is 14.9 Å². The Morgan fingerprint density at radius 3 is 2.92 bits per heavy atom. The zero-order chi connectivity index (χ0) is 17.9. The predicted octanol–water partition coefficient (Wildman–Crippen LogP) is 3.57. The number of anilines is 1. The summed E-state index contributed by atoms with van der Waals surface area (Å²) >= 11 is 0. The standard InChI is InChI=1S/C18H13FN4O3/c19-13-4-1-3-12(7-13)10-23-11-14(9-20-23)21-18(24)15-8-17(26-22-15)16-5-2-6-25-16/h1-9,11H,10H2,(H,21,24). The number of carbonyl (C=O) groups excluding carboxylic acids is 1. The molecule has 0 saturated carbocycles. The molecule has 8 heteroatoms. The predicted molar refractivity (Wildman–Crippen MR) is 89.9 cm³/mol. The molecule has 130 valence electrons. The summed E-state index contributed by atoms with van der Waals surface area (Å²) in [5.74, 6) is 0.111. The topological polar surface area (TPSA) is 86.1 Å². The number of nitrogens with one attached hydrogen (secondary N) is 1. The number of amides is 1. The third-order valence-electron chi connectivity index (χ3n) is 3.63. The molecule has 1 N–H and O–H groups in total. The Morgan fingerprint density at radius 1 is 1.19 bits per heavy atom. The summed E-state index contributed by atoms with van der Waals surface area (Å²) in [7, 11) is 0. The number of aromatic nitrogens is 3. The first kappa shape index (κ1) is 15.8. The van der Waals surface area contributed by atoms with Crippen LogP contribution >= 0.6 is 0 Å². The molecule has 0 aliphatic rings. The molecule has 0 aliphatic carbocycles. The molecule has 0 bridgehead atoms. The van der Waals surface area contributed by atoms with E-state index in [9.17, 15) is 9.18 Å². The van der Waals surface area contributed by atoms with Crippen molar-refractivity contribution in [2.45, 2.75) is 6.54 Å². The lowest BCUT2D eigenvalue weighted by Gasteiger charge is -2.01. The van der Waals surface area contributed by atoms with Crippen molar-refractivity contribution in [2.24, 2.45) is 0 Å². The molecule has 0 fully saturated rings. The van der Waals surface area contributed by atoms with Gasteiger partial charge in [0.2, 0.25) is 5.76 Å². The van der Waals surface area contributed by atoms with Crippen LogP contribution in [0.5, 0.6) is 0 Å². The van der Waals surface area contributed by atoms with Gasteiger partial charge in [-0.25, -0.2) is 4.39 Å². The zero-order valence-corrected chi connectivity index (χ0v) is 13.4. The number of benzene rings is 1. The molecular formula is C18H13FN4O3. The van der Waals surface area contributed by atoms with Gasteiger partial charge in [-0.3, -0.25) is 9.48 Å². The van der Waals surface area contributed by atoms with Gasteiger partial charge in [-0.1, -0.05) is 17.3 Å². The van der Waals surface area contributed by atoms with Crippen molar-refractivity contribution < 1.29 is 18.1 Å². The van der Waals surface area contributed by atoms with E-state index in [-0.39, 0.29) is 11.5 Å². The molecular weight excluding hydrogens is 339 g/mol. The summed E-state index contributed by atoms with van der Waals surface area (Å²) < 4.78 is 25.1. The van der Waals surface area contributed by atoms with E-state index in [2.05, 4.69) is 15.6 Å². The minimum Gasteiger partial charge on any atom is -0.461 e. The normalized spacial score (nSPS) is 10.8. The van der Waals surface area contributed by atoms with Crippen LogP contribution in [0, 0.1) is 5.82 Å². The van der Waals surface area contributed by atoms with E-state index in [1.165, 1.54) is 30.7 Å². The Bertz CT molecular complexity index is 1040. The maximum Gasteiger partial charge on any atom is 0.277 e. The second-order valence-corrected chi connectivity index (χ2v) is 5.56. The largest absolute Gasteiger partial charge is 0.461 e. The molecule has 0 atom stereocenters. The number of rotatable bonds is 5. The molecule has 1 aromatic carbocycles. The number of hydrogen-bond donors (Lipinski definition) is 1. The molecule has 0 aliphatic heterocycles. The van der Waals surface area contributed by atoms with Crippen molar-refractivity contribution >= 4 is 11.6 Å². The van der Waals surface area contributed by atoms with Crippen LogP contribution in [0.3, 0.4) is 0 Å². The Morgan fingerprint density at radius 2 is 2.12 bits per heavy atom. The number of hydrogen-bond acceptors (Lipinski definition) is 5. The molecule has 0 saturated heterocycles. The second-order valence-electron chi connectivity index (χ2n) is 5.56. The summed E-state index contributed by atoms with van der Waals surface area (Å²) in [6.45, 7) is 0.389. The Balaban J connectivity index is 1.43. The molecule has 3 heterocycles. The Hall–Kier alpha value is -3.68. The molecule has 1 amide bonds. The van der Waals surface area contributed by atoms with Crippen molar-refractivity contribution in [3.8, 4) is 11.5 Å². The van der Waals surface area contributed by atoms with E-state index in [1.54, 1.807) is 35.1 Å². The van der Waals surface area contributed by atoms with Crippen LogP contribution in [0.1, 0.15) is 16.1 Å². The molecule has 0 unspecified atom stereocenters. The lowest BCUT2D eigenvalue weighted by Crippen LogP contribution is -2.11. The highest BCUT2D eigenvalue weighted by Crippen LogP contribution is 2.21. The number of carbonyl (C=O) groups is 1. The fraction of sp³-hybridized carbons (Fsp3) is 0.0556. The summed E-state index contributed by atoms with van der Waals surface area (Å²) in [6, 6.07) is 11.2. The summed E-state index contributed by atoms with van der Waals surface area (Å²) in [6.07, 6.45) is 4.66. The van der Waals surface area contributed by atoms with E-state index in [4.69, 9.17) is 8.94 Å². The molecule has 0 spiro atoms. The van der Waals surface area contributed by atoms with E-state index >= 15 is 0 Å². The van der Waals surface area contributed by atoms with Crippen LogP contribution in [-0.2, 0) is 6.54 Å². The molecule has 26 heavy (non-hydrogen) atoms. The Kier molecular flexibility index (Phi) is 4.06. The fourth-order valence-corrected chi connectivity index (χ4v) is 2.45. The van der Waals surface area contributed by atoms with Crippen molar-refractivity contribution in [3.63, 3.8) is 0 Å². The van der Waals surface area contributed by atoms with Crippen LogP contribution in [0.4, 0.5) is 10.1 Å². The summed E-state index contributed by atoms with van der Waals surface area (Å²) in [5, 5.41) is 10.6. The van der Waals surface area contributed by atoms with Crippen LogP contribution < -0.4 is 5.32 Å². The van der Waals surface area contributed by atoms with E-state index in [1.807, 2.05) is 0 Å². The first-order valence-corrected chi connectivity index (χ1v) is 7.76. The molecule has 7 nitrogen and oxygen atoms in total. The van der Waals surface area contributed by atoms with Gasteiger partial charge in [0.05, 0.1) is 24.7 Å². The van der Waals surface area contributed by atoms with Crippen molar-refractivity contribution in [1.29, 1.82) is 0 Å². The smallest absolute Gasteiger partial charge is 0.277 e. The SMILES string of the molecule is O=C(Nc1cnn(Cc2cccc(F)c2)c1)c1cc(-c2ccco2)on1.